The molecule has 0 aliphatic rings. The number of ether oxygens (including phenoxy) is 4. The molecule has 0 bridgehead atoms. The van der Waals surface area contributed by atoms with E-state index in [1.165, 1.54) is 76.1 Å². The number of nitrogens with zero attached hydrogens (tertiary/aromatic N) is 2. The zero-order valence-corrected chi connectivity index (χ0v) is 49.4. The van der Waals surface area contributed by atoms with Crippen molar-refractivity contribution in [1.29, 1.82) is 0 Å². The Balaban J connectivity index is 1.12. The summed E-state index contributed by atoms with van der Waals surface area (Å²) in [4.78, 5) is 4.77. The summed E-state index contributed by atoms with van der Waals surface area (Å²) in [7, 11) is 0. The molecule has 4 unspecified atom stereocenters. The number of benzene rings is 11. The van der Waals surface area contributed by atoms with Crippen LogP contribution in [0.3, 0.4) is 0 Å². The predicted molar refractivity (Wildman–Crippen MR) is 356 cm³/mol. The number of rotatable bonds is 20. The zero-order valence-electron chi connectivity index (χ0n) is 49.4. The van der Waals surface area contributed by atoms with E-state index in [1.807, 2.05) is 0 Å². The van der Waals surface area contributed by atoms with Crippen LogP contribution in [0.2, 0.25) is 0 Å². The quantitative estimate of drug-likeness (QED) is 0.0758. The second-order valence-electron chi connectivity index (χ2n) is 22.7. The Labute approximate surface area is 494 Å². The third kappa shape index (κ3) is 9.67. The molecule has 0 saturated carbocycles. The van der Waals surface area contributed by atoms with Crippen LogP contribution in [0.5, 0.6) is 23.0 Å². The fraction of sp³-hybridized carbons (Fsp3) is 0.205. The van der Waals surface area contributed by atoms with Crippen molar-refractivity contribution in [2.24, 2.45) is 0 Å². The monoisotopic (exact) mass is 1100 g/mol. The molecule has 84 heavy (non-hydrogen) atoms. The van der Waals surface area contributed by atoms with Gasteiger partial charge in [-0.3, -0.25) is 0 Å². The highest BCUT2D eigenvalue weighted by molar-refractivity contribution is 6.47. The summed E-state index contributed by atoms with van der Waals surface area (Å²) in [5.41, 5.74) is 11.0. The lowest BCUT2D eigenvalue weighted by Gasteiger charge is -2.28. The summed E-state index contributed by atoms with van der Waals surface area (Å²) in [6, 6.07) is 79.7. The number of anilines is 6. The first-order valence-corrected chi connectivity index (χ1v) is 30.3. The van der Waals surface area contributed by atoms with E-state index in [-0.39, 0.29) is 24.4 Å². The molecule has 0 N–H and O–H groups in total. The molecule has 13 rings (SSSR count). The molecule has 0 radical (unpaired) electrons. The van der Waals surface area contributed by atoms with Crippen molar-refractivity contribution in [3.63, 3.8) is 0 Å². The standard InChI is InChI=1S/C78H72N2O4/c1-9-49(5)81-59-33-19-29-55(45-59)79(56-30-20-34-60(46-56)82-50(6)10-2)69-43-41-67-73-63(69)37-23-39-65(73)75-71(53-25-15-13-16-26-53)78-68-42-44-70(64-38-24-40-66(74(64)68)76(78)72(77(67)75)54-27-17-14-18-28-54)80(57-31-21-35-61(47-57)83-51(7)11-3)58-32-22-36-62(48-58)84-52(8)12-4/h13-52H,9-12H2,1-8H3. The number of hydrogen-bond donors (Lipinski definition) is 0. The topological polar surface area (TPSA) is 43.4 Å². The fourth-order valence-corrected chi connectivity index (χ4v) is 12.5. The SMILES string of the molecule is CCC(C)Oc1cccc(N(c2cccc(OC(C)CC)c2)c2ccc3c4c(-c5ccccc5)c5c6cccc7c(N(c8cccc(OC(C)CC)c8)c8cccc(OC(C)CC)c8)ccc(c5c(-c5ccccc5)c4c4cccc2c43)c76)c1. The average molecular weight is 1100 g/mol. The molecule has 6 nitrogen and oxygen atoms in total. The minimum absolute atomic E-state index is 0.0706. The first-order valence-electron chi connectivity index (χ1n) is 30.3. The number of hydrogen-bond acceptors (Lipinski definition) is 6. The van der Waals surface area contributed by atoms with Crippen LogP contribution in [-0.2, 0) is 0 Å². The smallest absolute Gasteiger partial charge is 0.121 e. The lowest BCUT2D eigenvalue weighted by atomic mass is 9.87. The van der Waals surface area contributed by atoms with E-state index in [9.17, 15) is 0 Å². The third-order valence-corrected chi connectivity index (χ3v) is 17.2. The largest absolute Gasteiger partial charge is 0.491 e. The van der Waals surface area contributed by atoms with E-state index in [1.54, 1.807) is 0 Å². The maximum Gasteiger partial charge on any atom is 0.121 e. The van der Waals surface area contributed by atoms with E-state index in [2.05, 4.69) is 284 Å². The van der Waals surface area contributed by atoms with Gasteiger partial charge in [0.15, 0.2) is 0 Å². The van der Waals surface area contributed by atoms with Crippen molar-refractivity contribution in [1.82, 2.24) is 0 Å². The maximum atomic E-state index is 6.52. The van der Waals surface area contributed by atoms with Crippen molar-refractivity contribution in [3.8, 4) is 45.3 Å². The fourth-order valence-electron chi connectivity index (χ4n) is 12.5. The molecule has 0 aliphatic carbocycles. The normalized spacial score (nSPS) is 13.2. The van der Waals surface area contributed by atoms with Gasteiger partial charge in [0.2, 0.25) is 0 Å². The van der Waals surface area contributed by atoms with E-state index >= 15 is 0 Å². The minimum atomic E-state index is 0.0706. The zero-order chi connectivity index (χ0) is 57.6. The van der Waals surface area contributed by atoms with E-state index in [0.717, 1.165) is 93.6 Å². The molecule has 13 aromatic rings. The molecule has 418 valence electrons. The van der Waals surface area contributed by atoms with E-state index < -0.39 is 0 Å². The summed E-state index contributed by atoms with van der Waals surface area (Å²) in [6.07, 6.45) is 3.92. The second-order valence-corrected chi connectivity index (χ2v) is 22.7. The van der Waals surface area contributed by atoms with Gasteiger partial charge in [-0.05, 0) is 190 Å². The summed E-state index contributed by atoms with van der Waals surface area (Å²) >= 11 is 0. The Hall–Kier alpha value is -9.26. The first-order chi connectivity index (χ1) is 41.1. The predicted octanol–water partition coefficient (Wildman–Crippen LogP) is 22.5. The van der Waals surface area contributed by atoms with Crippen LogP contribution in [0.4, 0.5) is 34.1 Å². The first kappa shape index (κ1) is 54.0. The number of fused-ring (bicyclic) bond motifs is 6. The molecule has 4 atom stereocenters. The van der Waals surface area contributed by atoms with Gasteiger partial charge in [-0.1, -0.05) is 161 Å². The van der Waals surface area contributed by atoms with Gasteiger partial charge in [-0.25, -0.2) is 0 Å². The lowest BCUT2D eigenvalue weighted by molar-refractivity contribution is 0.217. The van der Waals surface area contributed by atoms with E-state index in [4.69, 9.17) is 18.9 Å². The van der Waals surface area contributed by atoms with Gasteiger partial charge < -0.3 is 28.7 Å². The van der Waals surface area contributed by atoms with Gasteiger partial charge in [-0.2, -0.15) is 0 Å². The molecule has 0 saturated heterocycles. The lowest BCUT2D eigenvalue weighted by Crippen LogP contribution is -2.13. The Morgan fingerprint density at radius 3 is 0.845 bits per heavy atom. The summed E-state index contributed by atoms with van der Waals surface area (Å²) in [5, 5.41) is 14.6. The molecule has 13 aromatic carbocycles. The van der Waals surface area contributed by atoms with Gasteiger partial charge in [0, 0.05) is 57.8 Å². The van der Waals surface area contributed by atoms with Crippen LogP contribution in [0.15, 0.2) is 218 Å². The highest BCUT2D eigenvalue weighted by Gasteiger charge is 2.30. The van der Waals surface area contributed by atoms with Crippen LogP contribution in [-0.4, -0.2) is 24.4 Å². The van der Waals surface area contributed by atoms with Crippen LogP contribution in [0.1, 0.15) is 81.1 Å². The molecule has 0 amide bonds. The Bertz CT molecular complexity index is 4030. The Morgan fingerprint density at radius 2 is 0.548 bits per heavy atom. The molecular formula is C78H72N2O4. The molecule has 6 heteroatoms. The van der Waals surface area contributed by atoms with Crippen LogP contribution in [0, 0.1) is 0 Å². The van der Waals surface area contributed by atoms with Gasteiger partial charge in [0.05, 0.1) is 35.8 Å². The molecule has 0 spiro atoms. The third-order valence-electron chi connectivity index (χ3n) is 17.2. The molecular weight excluding hydrogens is 1030 g/mol. The van der Waals surface area contributed by atoms with Crippen molar-refractivity contribution in [2.75, 3.05) is 9.80 Å². The molecule has 0 heterocycles. The van der Waals surface area contributed by atoms with Gasteiger partial charge in [0.1, 0.15) is 23.0 Å². The van der Waals surface area contributed by atoms with Gasteiger partial charge >= 0.3 is 0 Å². The summed E-state index contributed by atoms with van der Waals surface area (Å²) < 4.78 is 26.1. The van der Waals surface area contributed by atoms with Crippen LogP contribution < -0.4 is 28.7 Å². The van der Waals surface area contributed by atoms with Crippen molar-refractivity contribution >= 4 is 98.8 Å². The average Bonchev–Trinajstić information content (AvgIpc) is 1.54. The van der Waals surface area contributed by atoms with Crippen LogP contribution >= 0.6 is 0 Å². The van der Waals surface area contributed by atoms with E-state index in [0.29, 0.717) is 0 Å². The van der Waals surface area contributed by atoms with Crippen LogP contribution in [0.25, 0.3) is 86.9 Å². The Morgan fingerprint density at radius 1 is 0.274 bits per heavy atom. The molecule has 0 aromatic heterocycles. The minimum Gasteiger partial charge on any atom is -0.491 e. The molecule has 0 fully saturated rings. The summed E-state index contributed by atoms with van der Waals surface area (Å²) in [5.74, 6) is 3.35. The Kier molecular flexibility index (Phi) is 14.7. The second kappa shape index (κ2) is 22.8. The highest BCUT2D eigenvalue weighted by Crippen LogP contribution is 2.58. The summed E-state index contributed by atoms with van der Waals surface area (Å²) in [6.45, 7) is 17.2. The molecule has 0 aliphatic heterocycles. The van der Waals surface area contributed by atoms with Crippen molar-refractivity contribution in [2.45, 2.75) is 105 Å². The van der Waals surface area contributed by atoms with Crippen molar-refractivity contribution < 1.29 is 18.9 Å². The maximum absolute atomic E-state index is 6.52. The van der Waals surface area contributed by atoms with Gasteiger partial charge in [0.25, 0.3) is 0 Å². The van der Waals surface area contributed by atoms with Crippen molar-refractivity contribution in [3.05, 3.63) is 218 Å². The van der Waals surface area contributed by atoms with Gasteiger partial charge in [-0.15, -0.1) is 0 Å². The highest BCUT2D eigenvalue weighted by atomic mass is 16.5.